The average Bonchev–Trinajstić information content (AvgIpc) is 1.97. The Morgan fingerprint density at radius 2 is 1.56 bits per heavy atom. The first-order valence-electron chi connectivity index (χ1n) is 4.74. The second kappa shape index (κ2) is 4.99. The van der Waals surface area contributed by atoms with Gasteiger partial charge in [-0.3, -0.25) is 8.74 Å². The molecule has 0 saturated heterocycles. The Kier molecular flexibility index (Phi) is 4.93. The molecule has 0 unspecified atom stereocenters. The first-order valence-corrected chi connectivity index (χ1v) is 7.93. The van der Waals surface area contributed by atoms with Crippen molar-refractivity contribution in [3.8, 4) is 0 Å². The third-order valence-corrected chi connectivity index (χ3v) is 4.69. The molecule has 0 aromatic rings. The van der Waals surface area contributed by atoms with E-state index >= 15 is 0 Å². The monoisotopic (exact) mass is 274 g/mol. The number of hydrogen-bond acceptors (Lipinski definition) is 5. The van der Waals surface area contributed by atoms with E-state index in [1.54, 1.807) is 27.7 Å². The zero-order chi connectivity index (χ0) is 13.2. The van der Waals surface area contributed by atoms with Crippen LogP contribution in [0, 0.1) is 5.92 Å². The summed E-state index contributed by atoms with van der Waals surface area (Å²) in [5.41, 5.74) is -0.905. The van der Waals surface area contributed by atoms with Gasteiger partial charge in [-0.05, 0) is 19.8 Å². The molecule has 0 atom stereocenters. The molecule has 98 valence electrons. The van der Waals surface area contributed by atoms with Crippen molar-refractivity contribution in [1.82, 2.24) is 0 Å². The lowest BCUT2D eigenvalue weighted by atomic mass is 9.95. The fraction of sp³-hybridized carbons (Fsp3) is 1.00. The molecule has 0 saturated carbocycles. The van der Waals surface area contributed by atoms with Gasteiger partial charge in [0.05, 0.1) is 17.1 Å². The molecule has 0 aliphatic heterocycles. The van der Waals surface area contributed by atoms with Crippen LogP contribution in [0.2, 0.25) is 0 Å². The van der Waals surface area contributed by atoms with Crippen LogP contribution < -0.4 is 0 Å². The third kappa shape index (κ3) is 6.41. The van der Waals surface area contributed by atoms with E-state index in [1.807, 2.05) is 0 Å². The van der Waals surface area contributed by atoms with Crippen molar-refractivity contribution in [3.05, 3.63) is 0 Å². The van der Waals surface area contributed by atoms with Crippen LogP contribution in [-0.4, -0.2) is 38.5 Å². The van der Waals surface area contributed by atoms with Crippen molar-refractivity contribution >= 4 is 20.2 Å². The summed E-state index contributed by atoms with van der Waals surface area (Å²) in [6.07, 6.45) is 0. The van der Waals surface area contributed by atoms with E-state index in [4.69, 9.17) is 8.74 Å². The summed E-state index contributed by atoms with van der Waals surface area (Å²) >= 11 is 0. The van der Waals surface area contributed by atoms with E-state index in [-0.39, 0.29) is 5.92 Å². The average molecular weight is 274 g/mol. The van der Waals surface area contributed by atoms with Gasteiger partial charge in [-0.15, -0.1) is 0 Å². The molecule has 0 amide bonds. The van der Waals surface area contributed by atoms with Crippen molar-refractivity contribution in [1.29, 1.82) is 0 Å². The van der Waals surface area contributed by atoms with Crippen molar-refractivity contribution < 1.29 is 25.6 Å². The molecule has 0 aromatic heterocycles. The SMILES string of the molecule is CC(C)C(C)(C)OS(=O)(=O)CCS(=O)(=O)O. The first kappa shape index (κ1) is 15.8. The molecular weight excluding hydrogens is 256 g/mol. The van der Waals surface area contributed by atoms with Crippen LogP contribution in [0.25, 0.3) is 0 Å². The van der Waals surface area contributed by atoms with Gasteiger partial charge in [-0.2, -0.15) is 16.8 Å². The van der Waals surface area contributed by atoms with Crippen LogP contribution in [0.4, 0.5) is 0 Å². The minimum absolute atomic E-state index is 0.0481. The summed E-state index contributed by atoms with van der Waals surface area (Å²) in [5.74, 6) is -1.65. The van der Waals surface area contributed by atoms with Crippen molar-refractivity contribution in [3.63, 3.8) is 0 Å². The summed E-state index contributed by atoms with van der Waals surface area (Å²) in [4.78, 5) is 0. The lowest BCUT2D eigenvalue weighted by molar-refractivity contribution is 0.0678. The van der Waals surface area contributed by atoms with Gasteiger partial charge in [0.15, 0.2) is 0 Å². The van der Waals surface area contributed by atoms with Crippen molar-refractivity contribution in [2.75, 3.05) is 11.5 Å². The molecule has 0 bridgehead atoms. The van der Waals surface area contributed by atoms with E-state index in [1.165, 1.54) is 0 Å². The van der Waals surface area contributed by atoms with Crippen molar-refractivity contribution in [2.45, 2.75) is 33.3 Å². The van der Waals surface area contributed by atoms with Gasteiger partial charge in [-0.1, -0.05) is 13.8 Å². The molecule has 0 aliphatic rings. The summed E-state index contributed by atoms with van der Waals surface area (Å²) in [7, 11) is -8.25. The highest BCUT2D eigenvalue weighted by molar-refractivity contribution is 7.90. The fourth-order valence-electron chi connectivity index (χ4n) is 0.673. The van der Waals surface area contributed by atoms with Gasteiger partial charge in [0.1, 0.15) is 0 Å². The minimum Gasteiger partial charge on any atom is -0.286 e. The smallest absolute Gasteiger partial charge is 0.268 e. The summed E-state index contributed by atoms with van der Waals surface area (Å²) in [5, 5.41) is 0. The molecule has 0 spiro atoms. The molecule has 16 heavy (non-hydrogen) atoms. The molecule has 0 rings (SSSR count). The van der Waals surface area contributed by atoms with Crippen LogP contribution >= 0.6 is 0 Å². The van der Waals surface area contributed by atoms with Crippen LogP contribution in [0.15, 0.2) is 0 Å². The van der Waals surface area contributed by atoms with E-state index in [0.717, 1.165) is 0 Å². The number of rotatable bonds is 6. The zero-order valence-corrected chi connectivity index (χ0v) is 11.4. The predicted molar refractivity (Wildman–Crippen MR) is 60.2 cm³/mol. The Morgan fingerprint density at radius 1 is 1.12 bits per heavy atom. The van der Waals surface area contributed by atoms with E-state index < -0.39 is 37.3 Å². The van der Waals surface area contributed by atoms with Crippen LogP contribution in [0.3, 0.4) is 0 Å². The van der Waals surface area contributed by atoms with Crippen LogP contribution in [0.5, 0.6) is 0 Å². The van der Waals surface area contributed by atoms with Crippen LogP contribution in [0.1, 0.15) is 27.7 Å². The Hall–Kier alpha value is -0.180. The van der Waals surface area contributed by atoms with Gasteiger partial charge < -0.3 is 0 Å². The maximum Gasteiger partial charge on any atom is 0.268 e. The van der Waals surface area contributed by atoms with E-state index in [2.05, 4.69) is 0 Å². The zero-order valence-electron chi connectivity index (χ0n) is 9.80. The molecule has 0 aromatic carbocycles. The van der Waals surface area contributed by atoms with Crippen molar-refractivity contribution in [2.24, 2.45) is 5.92 Å². The molecule has 0 fully saturated rings. The molecule has 0 heterocycles. The highest BCUT2D eigenvalue weighted by atomic mass is 32.2. The molecule has 0 radical (unpaired) electrons. The maximum atomic E-state index is 11.4. The van der Waals surface area contributed by atoms with Gasteiger partial charge in [0, 0.05) is 0 Å². The standard InChI is InChI=1S/C8H18O6S2/c1-7(2)8(3,4)14-16(12,13)6-5-15(9,10)11/h7H,5-6H2,1-4H3,(H,9,10,11). The molecule has 6 nitrogen and oxygen atoms in total. The third-order valence-electron chi connectivity index (χ3n) is 2.32. The Bertz CT molecular complexity index is 417. The summed E-state index contributed by atoms with van der Waals surface area (Å²) in [6, 6.07) is 0. The molecule has 1 N–H and O–H groups in total. The summed E-state index contributed by atoms with van der Waals surface area (Å²) < 4.78 is 56.9. The normalized spacial score (nSPS) is 14.4. The van der Waals surface area contributed by atoms with Gasteiger partial charge in [0.25, 0.3) is 20.2 Å². The Labute approximate surface area is 96.9 Å². The molecular formula is C8H18O6S2. The maximum absolute atomic E-state index is 11.4. The highest BCUT2D eigenvalue weighted by Crippen LogP contribution is 2.23. The largest absolute Gasteiger partial charge is 0.286 e. The number of hydrogen-bond donors (Lipinski definition) is 1. The second-order valence-corrected chi connectivity index (χ2v) is 7.65. The van der Waals surface area contributed by atoms with Gasteiger partial charge in [0.2, 0.25) is 0 Å². The Morgan fingerprint density at radius 3 is 1.88 bits per heavy atom. The second-order valence-electron chi connectivity index (χ2n) is 4.39. The lowest BCUT2D eigenvalue weighted by Crippen LogP contribution is -2.35. The molecule has 0 aliphatic carbocycles. The van der Waals surface area contributed by atoms with Gasteiger partial charge in [-0.25, -0.2) is 0 Å². The van der Waals surface area contributed by atoms with E-state index in [9.17, 15) is 16.8 Å². The Balaban J connectivity index is 4.61. The first-order chi connectivity index (χ1) is 6.86. The lowest BCUT2D eigenvalue weighted by Gasteiger charge is -2.28. The predicted octanol–water partition coefficient (Wildman–Crippen LogP) is 0.655. The summed E-state index contributed by atoms with van der Waals surface area (Å²) in [6.45, 7) is 6.78. The van der Waals surface area contributed by atoms with Crippen LogP contribution in [-0.2, 0) is 24.4 Å². The topological polar surface area (TPSA) is 97.7 Å². The van der Waals surface area contributed by atoms with E-state index in [0.29, 0.717) is 0 Å². The fourth-order valence-corrected chi connectivity index (χ4v) is 3.26. The molecule has 8 heteroatoms. The highest BCUT2D eigenvalue weighted by Gasteiger charge is 2.30. The van der Waals surface area contributed by atoms with Gasteiger partial charge >= 0.3 is 0 Å². The minimum atomic E-state index is -4.29. The quantitative estimate of drug-likeness (QED) is 0.564.